The molecule has 0 aliphatic carbocycles. The largest absolute Gasteiger partial charge is 0.494 e. The molecule has 0 amide bonds. The molecule has 0 aromatic heterocycles. The number of benzene rings is 2. The Morgan fingerprint density at radius 2 is 1.18 bits per heavy atom. The van der Waals surface area contributed by atoms with Crippen molar-refractivity contribution in [2.45, 2.75) is 13.8 Å². The molecule has 2 aromatic rings. The normalized spacial score (nSPS) is 10.8. The first-order valence-electron chi connectivity index (χ1n) is 12.6. The second-order valence-electron chi connectivity index (χ2n) is 7.91. The average molecular weight is 774 g/mol. The molecule has 0 radical (unpaired) electrons. The van der Waals surface area contributed by atoms with Gasteiger partial charge in [-0.05, 0) is 38.1 Å². The van der Waals surface area contributed by atoms with Crippen molar-refractivity contribution in [1.29, 1.82) is 0 Å². The highest BCUT2D eigenvalue weighted by Crippen LogP contribution is 2.35. The summed E-state index contributed by atoms with van der Waals surface area (Å²) in [7, 11) is 2.98. The van der Waals surface area contributed by atoms with E-state index in [0.29, 0.717) is 61.5 Å². The number of hydrogen-bond acceptors (Lipinski definition) is 10. The van der Waals surface area contributed by atoms with Crippen molar-refractivity contribution < 1.29 is 39.2 Å². The molecule has 3 N–H and O–H groups in total. The maximum Gasteiger partial charge on any atom is 0.146 e. The fourth-order valence-electron chi connectivity index (χ4n) is 2.94. The molecule has 17 heteroatoms. The summed E-state index contributed by atoms with van der Waals surface area (Å²) in [4.78, 5) is 4.94. The summed E-state index contributed by atoms with van der Waals surface area (Å²) in [5, 5.41) is 33.0. The third-order valence-electron chi connectivity index (χ3n) is 4.82. The van der Waals surface area contributed by atoms with E-state index >= 15 is 0 Å². The Hall–Kier alpha value is -1.99. The zero-order valence-corrected chi connectivity index (χ0v) is 29.9. The monoisotopic (exact) mass is 770 g/mol. The number of rotatable bonds is 14. The van der Waals surface area contributed by atoms with Gasteiger partial charge in [-0.3, -0.25) is 0 Å². The van der Waals surface area contributed by atoms with Gasteiger partial charge in [0.25, 0.3) is 0 Å². The standard InChI is InChI=1S/C14H16Cl3NO4.C12H12Cl3NO3.C2H5ClO/c1-9(18-22-6-4-19)11-7-10(21-5-3-13(16)17)8-12(15)14(11)20-2;1-7(16-17)9-5-8(19-4-3-11(14)15)6-10(13)12(9)18-2;3-1-2-4/h3,7-8,19H,4-6H2,1-2H3;3,5-6,17H,4H2,1-2H3;4H,1-2H2/b18-9+;16-7+;. The van der Waals surface area contributed by atoms with Crippen LogP contribution in [0.1, 0.15) is 25.0 Å². The van der Waals surface area contributed by atoms with Crippen LogP contribution in [0, 0.1) is 0 Å². The van der Waals surface area contributed by atoms with Crippen LogP contribution in [0.2, 0.25) is 10.0 Å². The van der Waals surface area contributed by atoms with E-state index in [1.807, 2.05) is 0 Å². The van der Waals surface area contributed by atoms with Crippen LogP contribution in [0.3, 0.4) is 0 Å². The van der Waals surface area contributed by atoms with E-state index in [1.165, 1.54) is 26.4 Å². The van der Waals surface area contributed by atoms with Gasteiger partial charge < -0.3 is 39.2 Å². The van der Waals surface area contributed by atoms with Gasteiger partial charge >= 0.3 is 0 Å². The van der Waals surface area contributed by atoms with Crippen molar-refractivity contribution in [3.8, 4) is 23.0 Å². The number of oxime groups is 2. The molecule has 0 saturated heterocycles. The molecule has 10 nitrogen and oxygen atoms in total. The SMILES string of the molecule is COc1c(Cl)cc(OCC=C(Cl)Cl)cc1/C(C)=N/O.COc1c(Cl)cc(OCC=C(Cl)Cl)cc1/C(C)=N/OCCO.OCCCl. The molecule has 2 rings (SSSR count). The molecule has 0 heterocycles. The Balaban J connectivity index is 0.000000775. The fourth-order valence-corrected chi connectivity index (χ4v) is 3.77. The molecule has 0 aliphatic heterocycles. The van der Waals surface area contributed by atoms with Gasteiger partial charge in [-0.15, -0.1) is 11.6 Å². The van der Waals surface area contributed by atoms with Crippen molar-refractivity contribution in [3.63, 3.8) is 0 Å². The third kappa shape index (κ3) is 17.5. The third-order valence-corrected chi connectivity index (χ3v) is 6.16. The summed E-state index contributed by atoms with van der Waals surface area (Å²) in [6.45, 7) is 3.80. The number of aliphatic hydroxyl groups excluding tert-OH is 2. The van der Waals surface area contributed by atoms with E-state index in [0.717, 1.165) is 0 Å². The smallest absolute Gasteiger partial charge is 0.146 e. The minimum absolute atomic E-state index is 0.0849. The molecule has 0 saturated carbocycles. The van der Waals surface area contributed by atoms with Gasteiger partial charge in [-0.25, -0.2) is 0 Å². The highest BCUT2D eigenvalue weighted by atomic mass is 35.5. The van der Waals surface area contributed by atoms with Crippen LogP contribution in [0.15, 0.2) is 55.7 Å². The average Bonchev–Trinajstić information content (AvgIpc) is 3.00. The molecular weight excluding hydrogens is 740 g/mol. The second-order valence-corrected chi connectivity index (χ2v) is 11.1. The van der Waals surface area contributed by atoms with Gasteiger partial charge in [-0.2, -0.15) is 0 Å². The van der Waals surface area contributed by atoms with Gasteiger partial charge in [0, 0.05) is 29.1 Å². The van der Waals surface area contributed by atoms with Crippen LogP contribution in [-0.4, -0.2) is 80.0 Å². The van der Waals surface area contributed by atoms with E-state index in [2.05, 4.69) is 10.3 Å². The Labute approximate surface area is 297 Å². The summed E-state index contributed by atoms with van der Waals surface area (Å²) in [6, 6.07) is 6.56. The van der Waals surface area contributed by atoms with Gasteiger partial charge in [0.15, 0.2) is 0 Å². The quantitative estimate of drug-likeness (QED) is 0.0576. The molecule has 0 bridgehead atoms. The number of alkyl halides is 1. The zero-order chi connectivity index (χ0) is 34.4. The Morgan fingerprint density at radius 1 is 0.756 bits per heavy atom. The lowest BCUT2D eigenvalue weighted by atomic mass is 10.1. The fraction of sp³-hybridized carbons (Fsp3) is 0.357. The Kier molecular flexibility index (Phi) is 24.0. The van der Waals surface area contributed by atoms with Crippen molar-refractivity contribution in [1.82, 2.24) is 0 Å². The summed E-state index contributed by atoms with van der Waals surface area (Å²) in [5.41, 5.74) is 2.04. The second kappa shape index (κ2) is 25.1. The van der Waals surface area contributed by atoms with E-state index in [4.69, 9.17) is 120 Å². The lowest BCUT2D eigenvalue weighted by Gasteiger charge is -2.13. The van der Waals surface area contributed by atoms with Gasteiger partial charge in [0.2, 0.25) is 0 Å². The topological polar surface area (TPSA) is 132 Å². The molecule has 0 spiro atoms. The van der Waals surface area contributed by atoms with E-state index < -0.39 is 0 Å². The lowest BCUT2D eigenvalue weighted by Crippen LogP contribution is -2.04. The van der Waals surface area contributed by atoms with Gasteiger partial charge in [0.1, 0.15) is 51.8 Å². The summed E-state index contributed by atoms with van der Waals surface area (Å²) in [6.07, 6.45) is 3.00. The molecule has 0 atom stereocenters. The predicted molar refractivity (Wildman–Crippen MR) is 184 cm³/mol. The van der Waals surface area contributed by atoms with E-state index in [9.17, 15) is 0 Å². The van der Waals surface area contributed by atoms with Crippen molar-refractivity contribution in [2.75, 3.05) is 53.1 Å². The molecule has 2 aromatic carbocycles. The minimum Gasteiger partial charge on any atom is -0.494 e. The predicted octanol–water partition coefficient (Wildman–Crippen LogP) is 8.24. The molecule has 252 valence electrons. The number of methoxy groups -OCH3 is 2. The number of halogens is 7. The highest BCUT2D eigenvalue weighted by Gasteiger charge is 2.15. The Bertz CT molecular complexity index is 1300. The highest BCUT2D eigenvalue weighted by molar-refractivity contribution is 6.56. The van der Waals surface area contributed by atoms with Gasteiger partial charge in [-0.1, -0.05) is 79.9 Å². The lowest BCUT2D eigenvalue weighted by molar-refractivity contribution is 0.0986. The first-order chi connectivity index (χ1) is 21.4. The summed E-state index contributed by atoms with van der Waals surface area (Å²) < 4.78 is 21.6. The number of nitrogens with zero attached hydrogens (tertiary/aromatic N) is 2. The number of hydrogen-bond donors (Lipinski definition) is 3. The van der Waals surface area contributed by atoms with Gasteiger partial charge in [0.05, 0.1) is 48.9 Å². The maximum atomic E-state index is 8.84. The van der Waals surface area contributed by atoms with Crippen LogP contribution in [0.25, 0.3) is 0 Å². The maximum absolute atomic E-state index is 8.84. The molecule has 0 unspecified atom stereocenters. The van der Waals surface area contributed by atoms with Crippen molar-refractivity contribution in [3.05, 3.63) is 66.6 Å². The number of aliphatic hydroxyl groups is 2. The van der Waals surface area contributed by atoms with Crippen LogP contribution in [-0.2, 0) is 4.84 Å². The van der Waals surface area contributed by atoms with Crippen LogP contribution >= 0.6 is 81.2 Å². The zero-order valence-electron chi connectivity index (χ0n) is 24.6. The summed E-state index contributed by atoms with van der Waals surface area (Å²) in [5.74, 6) is 2.20. The van der Waals surface area contributed by atoms with Crippen LogP contribution in [0.4, 0.5) is 0 Å². The molecular formula is C28H33Cl7N2O8. The first-order valence-corrected chi connectivity index (χ1v) is 15.4. The van der Waals surface area contributed by atoms with Crippen LogP contribution in [0.5, 0.6) is 23.0 Å². The minimum atomic E-state index is -0.122. The first kappa shape index (κ1) is 43.0. The van der Waals surface area contributed by atoms with Crippen molar-refractivity contribution in [2.24, 2.45) is 10.3 Å². The Morgan fingerprint density at radius 3 is 1.51 bits per heavy atom. The number of ether oxygens (including phenoxy) is 4. The van der Waals surface area contributed by atoms with Crippen molar-refractivity contribution >= 4 is 92.6 Å². The van der Waals surface area contributed by atoms with Crippen LogP contribution < -0.4 is 18.9 Å². The van der Waals surface area contributed by atoms with E-state index in [1.54, 1.807) is 38.1 Å². The molecule has 0 fully saturated rings. The molecule has 0 aliphatic rings. The molecule has 45 heavy (non-hydrogen) atoms. The van der Waals surface area contributed by atoms with E-state index in [-0.39, 0.29) is 42.0 Å². The summed E-state index contributed by atoms with van der Waals surface area (Å²) >= 11 is 39.2.